The van der Waals surface area contributed by atoms with Crippen molar-refractivity contribution in [2.24, 2.45) is 0 Å². The Bertz CT molecular complexity index is 758. The van der Waals surface area contributed by atoms with Crippen molar-refractivity contribution < 1.29 is 14.3 Å². The van der Waals surface area contributed by atoms with E-state index in [1.165, 1.54) is 22.9 Å². The van der Waals surface area contributed by atoms with E-state index in [-0.39, 0.29) is 11.5 Å². The van der Waals surface area contributed by atoms with Crippen molar-refractivity contribution in [1.82, 2.24) is 9.78 Å². The zero-order chi connectivity index (χ0) is 15.7. The number of aryl methyl sites for hydroxylation is 1. The van der Waals surface area contributed by atoms with Crippen molar-refractivity contribution >= 4 is 5.97 Å². The van der Waals surface area contributed by atoms with Gasteiger partial charge in [-0.15, -0.1) is 0 Å². The molecule has 3 rings (SSSR count). The summed E-state index contributed by atoms with van der Waals surface area (Å²) in [6, 6.07) is 15.0. The van der Waals surface area contributed by atoms with E-state index in [0.717, 1.165) is 11.1 Å². The number of aromatic nitrogens is 2. The number of rotatable bonds is 3. The van der Waals surface area contributed by atoms with E-state index in [1.807, 2.05) is 31.2 Å². The smallest absolute Gasteiger partial charge is 0.356 e. The minimum atomic E-state index is -1.10. The van der Waals surface area contributed by atoms with Crippen LogP contribution >= 0.6 is 0 Å². The van der Waals surface area contributed by atoms with Crippen LogP contribution in [0.15, 0.2) is 54.6 Å². The Balaban J connectivity index is 2.17. The van der Waals surface area contributed by atoms with E-state index in [2.05, 4.69) is 5.10 Å². The first-order valence-electron chi connectivity index (χ1n) is 6.71. The number of aromatic carboxylic acids is 1. The molecule has 0 unspecified atom stereocenters. The molecule has 0 fully saturated rings. The van der Waals surface area contributed by atoms with Gasteiger partial charge in [0.15, 0.2) is 5.69 Å². The van der Waals surface area contributed by atoms with Gasteiger partial charge in [0.05, 0.1) is 11.4 Å². The van der Waals surface area contributed by atoms with E-state index in [0.29, 0.717) is 11.4 Å². The molecule has 0 bridgehead atoms. The zero-order valence-corrected chi connectivity index (χ0v) is 11.8. The number of nitrogens with zero attached hydrogens (tertiary/aromatic N) is 2. The molecule has 22 heavy (non-hydrogen) atoms. The van der Waals surface area contributed by atoms with Crippen molar-refractivity contribution in [3.63, 3.8) is 0 Å². The summed E-state index contributed by atoms with van der Waals surface area (Å²) in [5.74, 6) is -1.46. The van der Waals surface area contributed by atoms with E-state index >= 15 is 0 Å². The molecule has 0 spiro atoms. The average molecular weight is 296 g/mol. The average Bonchev–Trinajstić information content (AvgIpc) is 2.94. The molecule has 0 aliphatic carbocycles. The van der Waals surface area contributed by atoms with Crippen LogP contribution in [0.4, 0.5) is 4.39 Å². The Kier molecular flexibility index (Phi) is 3.47. The number of hydrogen-bond acceptors (Lipinski definition) is 2. The highest BCUT2D eigenvalue weighted by Crippen LogP contribution is 2.24. The van der Waals surface area contributed by atoms with E-state index in [9.17, 15) is 9.18 Å². The first-order valence-corrected chi connectivity index (χ1v) is 6.71. The number of halogens is 1. The summed E-state index contributed by atoms with van der Waals surface area (Å²) < 4.78 is 14.6. The Morgan fingerprint density at radius 2 is 1.73 bits per heavy atom. The normalized spacial score (nSPS) is 10.6. The Morgan fingerprint density at radius 3 is 2.32 bits per heavy atom. The SMILES string of the molecule is Cc1ccc(-c2cc(C(=O)O)nn2-c2ccc(F)cc2)cc1. The third-order valence-corrected chi connectivity index (χ3v) is 3.35. The number of carboxylic acids is 1. The third-order valence-electron chi connectivity index (χ3n) is 3.35. The highest BCUT2D eigenvalue weighted by atomic mass is 19.1. The molecule has 5 heteroatoms. The molecule has 0 amide bonds. The largest absolute Gasteiger partial charge is 0.476 e. The molecule has 0 aliphatic rings. The summed E-state index contributed by atoms with van der Waals surface area (Å²) in [5.41, 5.74) is 3.14. The second-order valence-electron chi connectivity index (χ2n) is 4.97. The molecule has 1 N–H and O–H groups in total. The van der Waals surface area contributed by atoms with Gasteiger partial charge in [0, 0.05) is 5.56 Å². The zero-order valence-electron chi connectivity index (χ0n) is 11.8. The Morgan fingerprint density at radius 1 is 1.09 bits per heavy atom. The molecular formula is C17H13FN2O2. The number of carboxylic acid groups (broad SMARTS) is 1. The lowest BCUT2D eigenvalue weighted by atomic mass is 10.1. The van der Waals surface area contributed by atoms with Gasteiger partial charge in [-0.3, -0.25) is 0 Å². The minimum Gasteiger partial charge on any atom is -0.476 e. The summed E-state index contributed by atoms with van der Waals surface area (Å²) >= 11 is 0. The van der Waals surface area contributed by atoms with E-state index in [4.69, 9.17) is 5.11 Å². The van der Waals surface area contributed by atoms with Crippen LogP contribution in [0.2, 0.25) is 0 Å². The maximum absolute atomic E-state index is 13.1. The molecule has 0 atom stereocenters. The maximum atomic E-state index is 13.1. The summed E-state index contributed by atoms with van der Waals surface area (Å²) in [4.78, 5) is 11.2. The lowest BCUT2D eigenvalue weighted by Gasteiger charge is -2.07. The summed E-state index contributed by atoms with van der Waals surface area (Å²) in [6.45, 7) is 1.98. The molecule has 3 aromatic rings. The van der Waals surface area contributed by atoms with Gasteiger partial charge in [-0.25, -0.2) is 13.9 Å². The summed E-state index contributed by atoms with van der Waals surface area (Å²) in [6.07, 6.45) is 0. The van der Waals surface area contributed by atoms with Gasteiger partial charge in [0.2, 0.25) is 0 Å². The number of hydrogen-bond donors (Lipinski definition) is 1. The van der Waals surface area contributed by atoms with E-state index < -0.39 is 5.97 Å². The van der Waals surface area contributed by atoms with Gasteiger partial charge in [-0.05, 0) is 37.3 Å². The topological polar surface area (TPSA) is 55.1 Å². The molecule has 1 aromatic heterocycles. The molecule has 0 saturated carbocycles. The lowest BCUT2D eigenvalue weighted by molar-refractivity contribution is 0.0690. The van der Waals surface area contributed by atoms with Crippen molar-refractivity contribution in [1.29, 1.82) is 0 Å². The van der Waals surface area contributed by atoms with Gasteiger partial charge in [-0.2, -0.15) is 5.10 Å². The molecule has 0 radical (unpaired) electrons. The summed E-state index contributed by atoms with van der Waals surface area (Å²) in [7, 11) is 0. The van der Waals surface area contributed by atoms with Crippen molar-refractivity contribution in [2.75, 3.05) is 0 Å². The highest BCUT2D eigenvalue weighted by Gasteiger charge is 2.15. The minimum absolute atomic E-state index is 0.0556. The monoisotopic (exact) mass is 296 g/mol. The molecule has 2 aromatic carbocycles. The first-order chi connectivity index (χ1) is 10.5. The third kappa shape index (κ3) is 2.61. The second kappa shape index (κ2) is 5.44. The predicted octanol–water partition coefficient (Wildman–Crippen LogP) is 3.69. The number of carbonyl (C=O) groups is 1. The molecule has 4 nitrogen and oxygen atoms in total. The molecule has 0 aliphatic heterocycles. The molecule has 0 saturated heterocycles. The standard InChI is InChI=1S/C17H13FN2O2/c1-11-2-4-12(5-3-11)16-10-15(17(21)22)19-20(16)14-8-6-13(18)7-9-14/h2-10H,1H3,(H,21,22). The summed E-state index contributed by atoms with van der Waals surface area (Å²) in [5, 5.41) is 13.3. The fraction of sp³-hybridized carbons (Fsp3) is 0.0588. The van der Waals surface area contributed by atoms with Crippen LogP contribution in [0.1, 0.15) is 16.1 Å². The van der Waals surface area contributed by atoms with Gasteiger partial charge < -0.3 is 5.11 Å². The predicted molar refractivity (Wildman–Crippen MR) is 80.7 cm³/mol. The van der Waals surface area contributed by atoms with Crippen LogP contribution in [0.5, 0.6) is 0 Å². The van der Waals surface area contributed by atoms with Crippen LogP contribution in [0.25, 0.3) is 16.9 Å². The molecular weight excluding hydrogens is 283 g/mol. The van der Waals surface area contributed by atoms with Crippen molar-refractivity contribution in [3.8, 4) is 16.9 Å². The fourth-order valence-corrected chi connectivity index (χ4v) is 2.19. The van der Waals surface area contributed by atoms with Gasteiger partial charge in [0.1, 0.15) is 5.82 Å². The lowest BCUT2D eigenvalue weighted by Crippen LogP contribution is -2.02. The Labute approximate surface area is 126 Å². The van der Waals surface area contributed by atoms with Crippen LogP contribution in [0, 0.1) is 12.7 Å². The maximum Gasteiger partial charge on any atom is 0.356 e. The van der Waals surface area contributed by atoms with Crippen LogP contribution in [-0.2, 0) is 0 Å². The van der Waals surface area contributed by atoms with Crippen molar-refractivity contribution in [2.45, 2.75) is 6.92 Å². The Hall–Kier alpha value is -2.95. The molecule has 1 heterocycles. The fourth-order valence-electron chi connectivity index (χ4n) is 2.19. The molecule has 110 valence electrons. The highest BCUT2D eigenvalue weighted by molar-refractivity contribution is 5.87. The van der Waals surface area contributed by atoms with Gasteiger partial charge >= 0.3 is 5.97 Å². The first kappa shape index (κ1) is 14.0. The van der Waals surface area contributed by atoms with Gasteiger partial charge in [-0.1, -0.05) is 29.8 Å². The quantitative estimate of drug-likeness (QED) is 0.802. The second-order valence-corrected chi connectivity index (χ2v) is 4.97. The van der Waals surface area contributed by atoms with E-state index in [1.54, 1.807) is 12.1 Å². The number of benzene rings is 2. The van der Waals surface area contributed by atoms with Crippen molar-refractivity contribution in [3.05, 3.63) is 71.7 Å². The van der Waals surface area contributed by atoms with Crippen LogP contribution < -0.4 is 0 Å². The van der Waals surface area contributed by atoms with Gasteiger partial charge in [0.25, 0.3) is 0 Å². The van der Waals surface area contributed by atoms with Crippen LogP contribution in [-0.4, -0.2) is 20.9 Å². The van der Waals surface area contributed by atoms with Crippen LogP contribution in [0.3, 0.4) is 0 Å².